The largest absolute Gasteiger partial charge is 0.382 e. The molecule has 82 valence electrons. The topological polar surface area (TPSA) is 104 Å². The van der Waals surface area contributed by atoms with E-state index in [-0.39, 0.29) is 16.9 Å². The molecule has 0 radical (unpaired) electrons. The molecule has 0 atom stereocenters. The summed E-state index contributed by atoms with van der Waals surface area (Å²) >= 11 is 11.5. The lowest BCUT2D eigenvalue weighted by atomic mass is 10.3. The second kappa shape index (κ2) is 4.07. The van der Waals surface area contributed by atoms with Crippen LogP contribution >= 0.6 is 23.2 Å². The van der Waals surface area contributed by atoms with Gasteiger partial charge in [0.25, 0.3) is 0 Å². The number of nitrogens with zero attached hydrogens (tertiary/aromatic N) is 4. The van der Waals surface area contributed by atoms with Crippen LogP contribution in [0, 0.1) is 0 Å². The summed E-state index contributed by atoms with van der Waals surface area (Å²) in [6.07, 6.45) is 0. The molecule has 0 aliphatic carbocycles. The van der Waals surface area contributed by atoms with Crippen molar-refractivity contribution in [2.24, 2.45) is 0 Å². The number of anilines is 2. The lowest BCUT2D eigenvalue weighted by Crippen LogP contribution is -2.05. The molecule has 2 heterocycles. The quantitative estimate of drug-likeness (QED) is 0.748. The average molecular weight is 257 g/mol. The van der Waals surface area contributed by atoms with Gasteiger partial charge in [-0.25, -0.2) is 4.98 Å². The Morgan fingerprint density at radius 1 is 1.00 bits per heavy atom. The summed E-state index contributed by atoms with van der Waals surface area (Å²) in [6.45, 7) is 0. The van der Waals surface area contributed by atoms with Crippen LogP contribution in [0.25, 0.3) is 11.4 Å². The van der Waals surface area contributed by atoms with Crippen molar-refractivity contribution >= 4 is 35.0 Å². The fraction of sp³-hybridized carbons (Fsp3) is 0. The molecular formula is C8H6Cl2N6. The van der Waals surface area contributed by atoms with Gasteiger partial charge in [0.1, 0.15) is 5.15 Å². The van der Waals surface area contributed by atoms with Crippen LogP contribution in [0.3, 0.4) is 0 Å². The van der Waals surface area contributed by atoms with Gasteiger partial charge in [0.2, 0.25) is 5.95 Å². The van der Waals surface area contributed by atoms with Gasteiger partial charge >= 0.3 is 0 Å². The minimum absolute atomic E-state index is 0.00121. The molecule has 0 bridgehead atoms. The van der Waals surface area contributed by atoms with Gasteiger partial charge in [0, 0.05) is 0 Å². The van der Waals surface area contributed by atoms with E-state index in [1.165, 1.54) is 0 Å². The zero-order valence-electron chi connectivity index (χ0n) is 7.85. The van der Waals surface area contributed by atoms with Crippen molar-refractivity contribution in [2.75, 3.05) is 11.5 Å². The van der Waals surface area contributed by atoms with Gasteiger partial charge in [-0.05, 0) is 12.1 Å². The first-order valence-electron chi connectivity index (χ1n) is 4.16. The van der Waals surface area contributed by atoms with Crippen molar-refractivity contribution < 1.29 is 0 Å². The van der Waals surface area contributed by atoms with Gasteiger partial charge in [-0.1, -0.05) is 23.2 Å². The molecule has 0 aliphatic heterocycles. The van der Waals surface area contributed by atoms with Crippen LogP contribution < -0.4 is 11.5 Å². The van der Waals surface area contributed by atoms with Gasteiger partial charge in [-0.3, -0.25) is 0 Å². The summed E-state index contributed by atoms with van der Waals surface area (Å²) < 4.78 is 0. The molecule has 0 aromatic carbocycles. The van der Waals surface area contributed by atoms with E-state index in [9.17, 15) is 0 Å². The molecule has 0 aliphatic rings. The fourth-order valence-electron chi connectivity index (χ4n) is 1.08. The maximum absolute atomic E-state index is 5.77. The highest BCUT2D eigenvalue weighted by Crippen LogP contribution is 2.25. The predicted octanol–water partition coefficient (Wildman–Crippen LogP) is 1.40. The smallest absolute Gasteiger partial charge is 0.242 e. The van der Waals surface area contributed by atoms with Gasteiger partial charge in [-0.15, -0.1) is 10.2 Å². The summed E-state index contributed by atoms with van der Waals surface area (Å²) in [4.78, 5) is 7.77. The number of hydrogen-bond donors (Lipinski definition) is 2. The summed E-state index contributed by atoms with van der Waals surface area (Å²) in [5.41, 5.74) is 11.7. The summed E-state index contributed by atoms with van der Waals surface area (Å²) in [5, 5.41) is 7.89. The van der Waals surface area contributed by atoms with Crippen molar-refractivity contribution in [3.05, 3.63) is 22.3 Å². The first kappa shape index (κ1) is 10.8. The fourth-order valence-corrected chi connectivity index (χ4v) is 1.34. The van der Waals surface area contributed by atoms with Crippen LogP contribution in [0.1, 0.15) is 0 Å². The number of nitrogen functional groups attached to an aromatic ring is 2. The van der Waals surface area contributed by atoms with Gasteiger partial charge in [0.05, 0.1) is 10.7 Å². The maximum atomic E-state index is 5.77. The van der Waals surface area contributed by atoms with Crippen LogP contribution in [0.2, 0.25) is 10.2 Å². The van der Waals surface area contributed by atoms with Crippen molar-refractivity contribution in [1.29, 1.82) is 0 Å². The van der Waals surface area contributed by atoms with Gasteiger partial charge in [0.15, 0.2) is 11.5 Å². The minimum Gasteiger partial charge on any atom is -0.382 e. The zero-order valence-corrected chi connectivity index (χ0v) is 9.37. The molecule has 16 heavy (non-hydrogen) atoms. The molecule has 0 unspecified atom stereocenters. The molecule has 0 amide bonds. The van der Waals surface area contributed by atoms with Crippen LogP contribution in [0.5, 0.6) is 0 Å². The van der Waals surface area contributed by atoms with E-state index >= 15 is 0 Å². The van der Waals surface area contributed by atoms with E-state index in [4.69, 9.17) is 34.7 Å². The second-order valence-corrected chi connectivity index (χ2v) is 3.64. The Morgan fingerprint density at radius 2 is 1.75 bits per heavy atom. The Bertz CT molecular complexity index is 544. The number of nitrogens with two attached hydrogens (primary N) is 2. The highest BCUT2D eigenvalue weighted by atomic mass is 35.5. The SMILES string of the molecule is Nc1nnc(-c2ccc(Cl)c(Cl)n2)c(N)n1. The number of aromatic nitrogens is 4. The number of hydrogen-bond acceptors (Lipinski definition) is 6. The van der Waals surface area contributed by atoms with Crippen molar-refractivity contribution in [2.45, 2.75) is 0 Å². The summed E-state index contributed by atoms with van der Waals surface area (Å²) in [5.74, 6) is 0.139. The number of halogens is 2. The van der Waals surface area contributed by atoms with E-state index in [1.807, 2.05) is 0 Å². The lowest BCUT2D eigenvalue weighted by molar-refractivity contribution is 0.992. The van der Waals surface area contributed by atoms with Crippen LogP contribution in [0.4, 0.5) is 11.8 Å². The zero-order chi connectivity index (χ0) is 11.7. The molecule has 4 N–H and O–H groups in total. The van der Waals surface area contributed by atoms with E-state index in [2.05, 4.69) is 20.2 Å². The molecule has 0 spiro atoms. The van der Waals surface area contributed by atoms with Crippen molar-refractivity contribution in [3.8, 4) is 11.4 Å². The Hall–Kier alpha value is -1.66. The first-order chi connectivity index (χ1) is 7.58. The standard InChI is InChI=1S/C8H6Cl2N6/c9-3-1-2-4(13-6(3)10)5-7(11)14-8(12)16-15-5/h1-2H,(H4,11,12,14,16). The normalized spacial score (nSPS) is 10.4. The maximum Gasteiger partial charge on any atom is 0.242 e. The second-order valence-electron chi connectivity index (χ2n) is 2.87. The highest BCUT2D eigenvalue weighted by Gasteiger charge is 2.10. The molecule has 8 heteroatoms. The Kier molecular flexibility index (Phi) is 2.76. The van der Waals surface area contributed by atoms with Crippen LogP contribution in [0.15, 0.2) is 12.1 Å². The predicted molar refractivity (Wildman–Crippen MR) is 61.9 cm³/mol. The van der Waals surface area contributed by atoms with Crippen LogP contribution in [-0.4, -0.2) is 20.2 Å². The molecule has 2 aromatic rings. The third-order valence-corrected chi connectivity index (χ3v) is 2.47. The molecule has 2 rings (SSSR count). The highest BCUT2D eigenvalue weighted by molar-refractivity contribution is 6.41. The van der Waals surface area contributed by atoms with E-state index in [0.717, 1.165) is 0 Å². The average Bonchev–Trinajstić information content (AvgIpc) is 2.22. The third-order valence-electron chi connectivity index (χ3n) is 1.78. The molecule has 0 saturated heterocycles. The first-order valence-corrected chi connectivity index (χ1v) is 4.91. The molecule has 0 saturated carbocycles. The summed E-state index contributed by atoms with van der Waals surface area (Å²) in [7, 11) is 0. The molecule has 0 fully saturated rings. The Labute approximate surface area is 101 Å². The van der Waals surface area contributed by atoms with Crippen molar-refractivity contribution in [3.63, 3.8) is 0 Å². The Balaban J connectivity index is 2.54. The third kappa shape index (κ3) is 1.98. The van der Waals surface area contributed by atoms with Gasteiger partial charge in [-0.2, -0.15) is 4.98 Å². The Morgan fingerprint density at radius 3 is 2.38 bits per heavy atom. The van der Waals surface area contributed by atoms with E-state index < -0.39 is 0 Å². The van der Waals surface area contributed by atoms with E-state index in [0.29, 0.717) is 16.4 Å². The van der Waals surface area contributed by atoms with E-state index in [1.54, 1.807) is 12.1 Å². The molecular weight excluding hydrogens is 251 g/mol. The van der Waals surface area contributed by atoms with Crippen molar-refractivity contribution in [1.82, 2.24) is 20.2 Å². The molecule has 2 aromatic heterocycles. The van der Waals surface area contributed by atoms with Gasteiger partial charge < -0.3 is 11.5 Å². The number of pyridine rings is 1. The van der Waals surface area contributed by atoms with Crippen LogP contribution in [-0.2, 0) is 0 Å². The summed E-state index contributed by atoms with van der Waals surface area (Å²) in [6, 6.07) is 3.20. The lowest BCUT2D eigenvalue weighted by Gasteiger charge is -2.03. The monoisotopic (exact) mass is 256 g/mol. The number of rotatable bonds is 1. The molecule has 6 nitrogen and oxygen atoms in total. The minimum atomic E-state index is 0.00121.